The number of phenols is 1. The fourth-order valence-electron chi connectivity index (χ4n) is 6.62. The van der Waals surface area contributed by atoms with Crippen LogP contribution in [-0.4, -0.2) is 88.5 Å². The second-order valence-electron chi connectivity index (χ2n) is 11.8. The minimum absolute atomic E-state index is 0.0110. The van der Waals surface area contributed by atoms with Gasteiger partial charge in [-0.1, -0.05) is 34.1 Å². The summed E-state index contributed by atoms with van der Waals surface area (Å²) in [4.78, 5) is 55.2. The maximum Gasteiger partial charge on any atom is 0.255 e. The van der Waals surface area contributed by atoms with Gasteiger partial charge in [-0.05, 0) is 62.2 Å². The number of ketones is 2. The number of allylic oxidation sites excluding steroid dienone is 1. The summed E-state index contributed by atoms with van der Waals surface area (Å²) in [6.45, 7) is 0. The number of aliphatic hydroxyl groups excluding tert-OH is 2. The first kappa shape index (κ1) is 31.2. The highest BCUT2D eigenvalue weighted by molar-refractivity contribution is 9.09. The molecule has 2 amide bonds. The second-order valence-corrected chi connectivity index (χ2v) is 12.7. The summed E-state index contributed by atoms with van der Waals surface area (Å²) in [5.41, 5.74) is 3.30. The Bertz CT molecular complexity index is 1670. The molecule has 232 valence electrons. The number of carbonyl (C=O) groups excluding carboxylic acids is 4. The lowest BCUT2D eigenvalue weighted by Crippen LogP contribution is -2.63. The van der Waals surface area contributed by atoms with Crippen LogP contribution in [0, 0.1) is 11.8 Å². The molecule has 44 heavy (non-hydrogen) atoms. The third-order valence-electron chi connectivity index (χ3n) is 8.79. The molecule has 13 heteroatoms. The molecule has 2 aromatic carbocycles. The van der Waals surface area contributed by atoms with Crippen molar-refractivity contribution < 1.29 is 39.6 Å². The molecule has 0 heterocycles. The predicted molar refractivity (Wildman–Crippen MR) is 165 cm³/mol. The van der Waals surface area contributed by atoms with E-state index in [9.17, 15) is 39.6 Å². The highest BCUT2D eigenvalue weighted by Gasteiger charge is 2.63. The number of fused-ring (bicyclic) bond motifs is 3. The van der Waals surface area contributed by atoms with Crippen LogP contribution >= 0.6 is 15.9 Å². The molecule has 7 N–H and O–H groups in total. The summed E-state index contributed by atoms with van der Waals surface area (Å²) >= 11 is 3.38. The zero-order valence-corrected chi connectivity index (χ0v) is 26.0. The number of nitrogens with one attached hydrogen (secondary N) is 1. The van der Waals surface area contributed by atoms with E-state index in [0.29, 0.717) is 11.1 Å². The van der Waals surface area contributed by atoms with Crippen molar-refractivity contribution in [2.24, 2.45) is 17.6 Å². The van der Waals surface area contributed by atoms with Gasteiger partial charge in [0.05, 0.1) is 17.3 Å². The highest BCUT2D eigenvalue weighted by Crippen LogP contribution is 2.52. The van der Waals surface area contributed by atoms with Gasteiger partial charge in [0.2, 0.25) is 11.7 Å². The molecule has 5 atom stereocenters. The Hall–Kier alpha value is -4.20. The average molecular weight is 670 g/mol. The molecule has 0 bridgehead atoms. The Kier molecular flexibility index (Phi) is 7.85. The summed E-state index contributed by atoms with van der Waals surface area (Å²) in [5.74, 6) is -7.84. The molecule has 3 aliphatic rings. The Morgan fingerprint density at radius 2 is 1.68 bits per heavy atom. The van der Waals surface area contributed by atoms with E-state index < -0.39 is 74.5 Å². The number of carbonyl (C=O) groups is 4. The number of alkyl halides is 1. The molecule has 0 saturated carbocycles. The van der Waals surface area contributed by atoms with Crippen molar-refractivity contribution in [2.75, 3.05) is 38.4 Å². The predicted octanol–water partition coefficient (Wildman–Crippen LogP) is 2.26. The van der Waals surface area contributed by atoms with Crippen molar-refractivity contribution >= 4 is 50.7 Å². The maximum atomic E-state index is 13.9. The first-order chi connectivity index (χ1) is 20.6. The van der Waals surface area contributed by atoms with Gasteiger partial charge in [-0.3, -0.25) is 24.1 Å². The number of anilines is 2. The third kappa shape index (κ3) is 4.66. The number of hydrogen-bond acceptors (Lipinski definition) is 10. The number of likely N-dealkylation sites (N-methyl/N-ethyl adjacent to an activating group) is 1. The molecule has 0 aliphatic heterocycles. The fraction of sp³-hybridized carbons (Fsp3) is 0.355. The van der Waals surface area contributed by atoms with E-state index in [0.717, 1.165) is 5.69 Å². The van der Waals surface area contributed by atoms with Crippen molar-refractivity contribution in [2.45, 2.75) is 29.3 Å². The number of rotatable bonds is 6. The van der Waals surface area contributed by atoms with Crippen LogP contribution in [0.2, 0.25) is 0 Å². The van der Waals surface area contributed by atoms with E-state index >= 15 is 0 Å². The van der Waals surface area contributed by atoms with Crippen LogP contribution in [0.25, 0.3) is 0 Å². The summed E-state index contributed by atoms with van der Waals surface area (Å²) in [6, 6.07) is 9.27. The SMILES string of the molecule is CN(C)c1ccc(C(Br)C(=O)Nc2ccc3c(c2O)C(=O)C2=C(O)C4(O)C(=O)C(C(N)=O)=C(O)[C@@H](N(C)C)C4CC2C3)cc1. The Balaban J connectivity index is 1.51. The van der Waals surface area contributed by atoms with Crippen molar-refractivity contribution in [1.29, 1.82) is 0 Å². The number of amides is 2. The number of aromatic hydroxyl groups is 1. The van der Waals surface area contributed by atoms with Gasteiger partial charge >= 0.3 is 0 Å². The van der Waals surface area contributed by atoms with Gasteiger partial charge in [-0.15, -0.1) is 0 Å². The van der Waals surface area contributed by atoms with Crippen molar-refractivity contribution in [3.63, 3.8) is 0 Å². The number of benzene rings is 2. The van der Waals surface area contributed by atoms with Gasteiger partial charge in [0.15, 0.2) is 17.1 Å². The first-order valence-electron chi connectivity index (χ1n) is 13.8. The molecule has 12 nitrogen and oxygen atoms in total. The van der Waals surface area contributed by atoms with E-state index in [4.69, 9.17) is 5.73 Å². The van der Waals surface area contributed by atoms with Gasteiger partial charge in [0.1, 0.15) is 21.9 Å². The minimum atomic E-state index is -2.72. The number of nitrogens with zero attached hydrogens (tertiary/aromatic N) is 2. The molecular weight excluding hydrogens is 636 g/mol. The third-order valence-corrected chi connectivity index (χ3v) is 9.73. The topological polar surface area (TPSA) is 194 Å². The van der Waals surface area contributed by atoms with E-state index in [-0.39, 0.29) is 29.7 Å². The molecule has 5 rings (SSSR count). The molecule has 0 radical (unpaired) electrons. The van der Waals surface area contributed by atoms with Crippen LogP contribution in [0.4, 0.5) is 11.4 Å². The standard InChI is InChI=1S/C31H33BrN4O8/c1-35(2)16-8-5-13(6-9-16)22(32)30(43)34-18-10-7-14-11-15-12-17-23(36(3)4)26(39)21(29(33)42)28(41)31(17,44)27(40)20(15)25(38)19(14)24(18)37/h5-10,15,17,22-23,37,39-40,44H,11-12H2,1-4H3,(H2,33,42)(H,34,43)/t15?,17?,22?,23-,31?/m0/s1. The highest BCUT2D eigenvalue weighted by atomic mass is 79.9. The van der Waals surface area contributed by atoms with Crippen molar-refractivity contribution in [3.8, 4) is 5.75 Å². The van der Waals surface area contributed by atoms with E-state index in [2.05, 4.69) is 21.2 Å². The van der Waals surface area contributed by atoms with Crippen LogP contribution in [0.15, 0.2) is 59.1 Å². The summed E-state index contributed by atoms with van der Waals surface area (Å²) in [5, 5.41) is 47.8. The number of primary amides is 1. The zero-order chi connectivity index (χ0) is 32.4. The number of phenolic OH excluding ortho intramolecular Hbond substituents is 1. The van der Waals surface area contributed by atoms with Gasteiger partial charge in [0.25, 0.3) is 5.91 Å². The van der Waals surface area contributed by atoms with Crippen LogP contribution < -0.4 is 16.0 Å². The zero-order valence-electron chi connectivity index (χ0n) is 24.5. The largest absolute Gasteiger partial charge is 0.510 e. The lowest BCUT2D eigenvalue weighted by molar-refractivity contribution is -0.148. The Morgan fingerprint density at radius 1 is 1.05 bits per heavy atom. The number of hydrogen-bond donors (Lipinski definition) is 6. The first-order valence-corrected chi connectivity index (χ1v) is 14.7. The van der Waals surface area contributed by atoms with E-state index in [1.54, 1.807) is 32.3 Å². The summed E-state index contributed by atoms with van der Waals surface area (Å²) in [6.07, 6.45) is 0.137. The summed E-state index contributed by atoms with van der Waals surface area (Å²) in [7, 11) is 6.92. The molecule has 0 aromatic heterocycles. The number of Topliss-reactive ketones (excluding diaryl/α,β-unsaturated/α-hetero) is 2. The maximum absolute atomic E-state index is 13.9. The molecular formula is C31H33BrN4O8. The lowest BCUT2D eigenvalue weighted by atomic mass is 9.58. The molecule has 0 fully saturated rings. The van der Waals surface area contributed by atoms with Crippen LogP contribution in [-0.2, 0) is 20.8 Å². The quantitative estimate of drug-likeness (QED) is 0.151. The van der Waals surface area contributed by atoms with Crippen LogP contribution in [0.1, 0.15) is 32.7 Å². The number of halogens is 1. The van der Waals surface area contributed by atoms with Crippen LogP contribution in [0.3, 0.4) is 0 Å². The molecule has 0 spiro atoms. The molecule has 3 aliphatic carbocycles. The Labute approximate surface area is 261 Å². The Morgan fingerprint density at radius 3 is 2.25 bits per heavy atom. The van der Waals surface area contributed by atoms with Crippen molar-refractivity contribution in [3.05, 3.63) is 75.8 Å². The fourth-order valence-corrected chi connectivity index (χ4v) is 7.03. The second kappa shape index (κ2) is 11.1. The van der Waals surface area contributed by atoms with Crippen LogP contribution in [0.5, 0.6) is 5.75 Å². The monoisotopic (exact) mass is 668 g/mol. The van der Waals surface area contributed by atoms with Gasteiger partial charge in [-0.2, -0.15) is 0 Å². The summed E-state index contributed by atoms with van der Waals surface area (Å²) < 4.78 is 0. The minimum Gasteiger partial charge on any atom is -0.510 e. The smallest absolute Gasteiger partial charge is 0.255 e. The lowest BCUT2D eigenvalue weighted by Gasteiger charge is -2.50. The van der Waals surface area contributed by atoms with E-state index in [1.807, 2.05) is 31.1 Å². The molecule has 4 unspecified atom stereocenters. The molecule has 2 aromatic rings. The molecule has 0 saturated heterocycles. The van der Waals surface area contributed by atoms with Gasteiger partial charge in [-0.25, -0.2) is 0 Å². The van der Waals surface area contributed by atoms with Gasteiger partial charge in [0, 0.05) is 31.3 Å². The van der Waals surface area contributed by atoms with Crippen molar-refractivity contribution in [1.82, 2.24) is 4.90 Å². The van der Waals surface area contributed by atoms with Gasteiger partial charge < -0.3 is 36.4 Å². The average Bonchev–Trinajstić information content (AvgIpc) is 2.95. The number of aliphatic hydroxyl groups is 3. The normalized spacial score (nSPS) is 25.3. The number of nitrogens with two attached hydrogens (primary N) is 1. The van der Waals surface area contributed by atoms with E-state index in [1.165, 1.54) is 11.0 Å².